The molecule has 0 amide bonds. The van der Waals surface area contributed by atoms with Crippen LogP contribution in [0.25, 0.3) is 0 Å². The number of rotatable bonds is 4. The average molecular weight is 178 g/mol. The summed E-state index contributed by atoms with van der Waals surface area (Å²) in [7, 11) is 0. The first-order valence-corrected chi connectivity index (χ1v) is 4.83. The van der Waals surface area contributed by atoms with Gasteiger partial charge in [-0.3, -0.25) is 4.98 Å². The SMILES string of the molecule is N#CSCCCc1ccccn1. The number of aryl methyl sites for hydroxylation is 1. The molecule has 0 atom stereocenters. The summed E-state index contributed by atoms with van der Waals surface area (Å²) in [5.74, 6) is 0.896. The molecule has 0 aromatic carbocycles. The molecular weight excluding hydrogens is 168 g/mol. The molecule has 0 aliphatic carbocycles. The zero-order chi connectivity index (χ0) is 8.65. The molecule has 0 aliphatic heterocycles. The van der Waals surface area contributed by atoms with E-state index in [0.717, 1.165) is 24.3 Å². The van der Waals surface area contributed by atoms with Gasteiger partial charge in [0.1, 0.15) is 5.40 Å². The molecule has 12 heavy (non-hydrogen) atoms. The average Bonchev–Trinajstić information content (AvgIpc) is 2.14. The summed E-state index contributed by atoms with van der Waals surface area (Å²) >= 11 is 1.31. The maximum absolute atomic E-state index is 8.26. The minimum absolute atomic E-state index is 0.896. The van der Waals surface area contributed by atoms with Crippen molar-refractivity contribution in [1.82, 2.24) is 4.98 Å². The number of thiocyanates is 1. The highest BCUT2D eigenvalue weighted by Gasteiger charge is 1.92. The van der Waals surface area contributed by atoms with Gasteiger partial charge in [0.2, 0.25) is 0 Å². The molecule has 0 bridgehead atoms. The molecule has 0 saturated heterocycles. The Morgan fingerprint density at radius 1 is 1.50 bits per heavy atom. The molecule has 0 spiro atoms. The number of nitrogens with zero attached hydrogens (tertiary/aromatic N) is 2. The summed E-state index contributed by atoms with van der Waals surface area (Å²) in [5.41, 5.74) is 1.11. The maximum atomic E-state index is 8.26. The second-order valence-electron chi connectivity index (χ2n) is 2.36. The van der Waals surface area contributed by atoms with Crippen LogP contribution in [0.1, 0.15) is 12.1 Å². The lowest BCUT2D eigenvalue weighted by Gasteiger charge is -1.96. The second-order valence-corrected chi connectivity index (χ2v) is 3.24. The Bertz CT molecular complexity index is 253. The number of hydrogen-bond acceptors (Lipinski definition) is 3. The molecule has 62 valence electrons. The maximum Gasteiger partial charge on any atom is 0.133 e. The third-order valence-electron chi connectivity index (χ3n) is 1.47. The highest BCUT2D eigenvalue weighted by molar-refractivity contribution is 8.03. The van der Waals surface area contributed by atoms with Gasteiger partial charge in [0, 0.05) is 17.6 Å². The van der Waals surface area contributed by atoms with Gasteiger partial charge in [-0.25, -0.2) is 0 Å². The number of thioether (sulfide) groups is 1. The lowest BCUT2D eigenvalue weighted by molar-refractivity contribution is 0.893. The topological polar surface area (TPSA) is 36.7 Å². The van der Waals surface area contributed by atoms with Gasteiger partial charge >= 0.3 is 0 Å². The van der Waals surface area contributed by atoms with Crippen molar-refractivity contribution in [3.63, 3.8) is 0 Å². The Morgan fingerprint density at radius 3 is 3.08 bits per heavy atom. The molecule has 1 aromatic heterocycles. The van der Waals surface area contributed by atoms with E-state index in [0.29, 0.717) is 0 Å². The molecule has 0 saturated carbocycles. The molecule has 1 aromatic rings. The van der Waals surface area contributed by atoms with Crippen LogP contribution in [-0.2, 0) is 6.42 Å². The smallest absolute Gasteiger partial charge is 0.133 e. The second kappa shape index (κ2) is 5.62. The Labute approximate surface area is 76.6 Å². The molecule has 1 heterocycles. The van der Waals surface area contributed by atoms with Crippen molar-refractivity contribution in [3.05, 3.63) is 30.1 Å². The minimum atomic E-state index is 0.896. The van der Waals surface area contributed by atoms with Gasteiger partial charge in [0.05, 0.1) is 0 Å². The Morgan fingerprint density at radius 2 is 2.42 bits per heavy atom. The molecule has 0 radical (unpaired) electrons. The summed E-state index contributed by atoms with van der Waals surface area (Å²) < 4.78 is 0. The molecule has 0 N–H and O–H groups in total. The summed E-state index contributed by atoms with van der Waals surface area (Å²) in [6, 6.07) is 5.91. The van der Waals surface area contributed by atoms with Crippen LogP contribution in [0.4, 0.5) is 0 Å². The first-order chi connectivity index (χ1) is 5.93. The molecular formula is C9H10N2S. The third-order valence-corrected chi connectivity index (χ3v) is 2.09. The fourth-order valence-electron chi connectivity index (χ4n) is 0.917. The van der Waals surface area contributed by atoms with Gasteiger partial charge in [-0.05, 0) is 36.7 Å². The first kappa shape index (κ1) is 9.08. The van der Waals surface area contributed by atoms with Crippen LogP contribution in [0.5, 0.6) is 0 Å². The summed E-state index contributed by atoms with van der Waals surface area (Å²) in [5, 5.41) is 10.3. The largest absolute Gasteiger partial charge is 0.261 e. The van der Waals surface area contributed by atoms with Gasteiger partial charge < -0.3 is 0 Å². The zero-order valence-corrected chi connectivity index (χ0v) is 7.55. The van der Waals surface area contributed by atoms with Crippen molar-refractivity contribution in [2.75, 3.05) is 5.75 Å². The fraction of sp³-hybridized carbons (Fsp3) is 0.333. The highest BCUT2D eigenvalue weighted by Crippen LogP contribution is 2.03. The van der Waals surface area contributed by atoms with E-state index in [1.165, 1.54) is 11.8 Å². The summed E-state index contributed by atoms with van der Waals surface area (Å²) in [6.45, 7) is 0. The van der Waals surface area contributed by atoms with E-state index in [1.54, 1.807) is 6.20 Å². The minimum Gasteiger partial charge on any atom is -0.261 e. The van der Waals surface area contributed by atoms with Crippen LogP contribution in [0.15, 0.2) is 24.4 Å². The van der Waals surface area contributed by atoms with Gasteiger partial charge in [0.15, 0.2) is 0 Å². The van der Waals surface area contributed by atoms with Gasteiger partial charge in [-0.15, -0.1) is 0 Å². The lowest BCUT2D eigenvalue weighted by atomic mass is 10.2. The molecule has 0 aliphatic rings. The molecule has 0 fully saturated rings. The molecule has 2 nitrogen and oxygen atoms in total. The van der Waals surface area contributed by atoms with E-state index in [4.69, 9.17) is 5.26 Å². The highest BCUT2D eigenvalue weighted by atomic mass is 32.2. The van der Waals surface area contributed by atoms with E-state index >= 15 is 0 Å². The predicted octanol–water partition coefficient (Wildman–Crippen LogP) is 2.23. The number of aromatic nitrogens is 1. The van der Waals surface area contributed by atoms with Crippen molar-refractivity contribution in [2.45, 2.75) is 12.8 Å². The van der Waals surface area contributed by atoms with Crippen molar-refractivity contribution >= 4 is 11.8 Å². The zero-order valence-electron chi connectivity index (χ0n) is 6.73. The van der Waals surface area contributed by atoms with E-state index in [1.807, 2.05) is 18.2 Å². The van der Waals surface area contributed by atoms with E-state index < -0.39 is 0 Å². The van der Waals surface area contributed by atoms with Crippen molar-refractivity contribution in [2.24, 2.45) is 0 Å². The standard InChI is InChI=1S/C9H10N2S/c10-8-12-7-3-5-9-4-1-2-6-11-9/h1-2,4,6H,3,5,7H2. The summed E-state index contributed by atoms with van der Waals surface area (Å²) in [4.78, 5) is 4.18. The van der Waals surface area contributed by atoms with Crippen LogP contribution < -0.4 is 0 Å². The molecule has 3 heteroatoms. The lowest BCUT2D eigenvalue weighted by Crippen LogP contribution is -1.89. The monoisotopic (exact) mass is 178 g/mol. The van der Waals surface area contributed by atoms with Crippen LogP contribution >= 0.6 is 11.8 Å². The molecule has 1 rings (SSSR count). The Hall–Kier alpha value is -1.01. The van der Waals surface area contributed by atoms with Gasteiger partial charge in [-0.2, -0.15) is 5.26 Å². The van der Waals surface area contributed by atoms with Crippen molar-refractivity contribution < 1.29 is 0 Å². The first-order valence-electron chi connectivity index (χ1n) is 3.84. The number of pyridine rings is 1. The Kier molecular flexibility index (Phi) is 4.25. The summed E-state index contributed by atoms with van der Waals surface area (Å²) in [6.07, 6.45) is 3.79. The van der Waals surface area contributed by atoms with Crippen molar-refractivity contribution in [1.29, 1.82) is 5.26 Å². The quantitative estimate of drug-likeness (QED) is 0.524. The van der Waals surface area contributed by atoms with Crippen LogP contribution in [0.2, 0.25) is 0 Å². The molecule has 0 unspecified atom stereocenters. The van der Waals surface area contributed by atoms with E-state index in [2.05, 4.69) is 10.4 Å². The fourth-order valence-corrected chi connectivity index (χ4v) is 1.30. The van der Waals surface area contributed by atoms with Crippen LogP contribution in [0.3, 0.4) is 0 Å². The Balaban J connectivity index is 2.21. The van der Waals surface area contributed by atoms with E-state index in [9.17, 15) is 0 Å². The van der Waals surface area contributed by atoms with Crippen LogP contribution in [0, 0.1) is 10.7 Å². The third kappa shape index (κ3) is 3.40. The van der Waals surface area contributed by atoms with E-state index in [-0.39, 0.29) is 0 Å². The van der Waals surface area contributed by atoms with Gasteiger partial charge in [0.25, 0.3) is 0 Å². The van der Waals surface area contributed by atoms with Crippen LogP contribution in [-0.4, -0.2) is 10.7 Å². The predicted molar refractivity (Wildman–Crippen MR) is 50.6 cm³/mol. The number of nitriles is 1. The number of hydrogen-bond donors (Lipinski definition) is 0. The normalized spacial score (nSPS) is 9.25. The van der Waals surface area contributed by atoms with Gasteiger partial charge in [-0.1, -0.05) is 6.07 Å². The van der Waals surface area contributed by atoms with Crippen molar-refractivity contribution in [3.8, 4) is 5.40 Å².